The van der Waals surface area contributed by atoms with Crippen molar-refractivity contribution in [1.82, 2.24) is 9.97 Å². The highest BCUT2D eigenvalue weighted by Gasteiger charge is 2.06. The number of rotatable bonds is 4. The standard InChI is InChI=1S/C10H14N2O2/c1-7-9(8(2)13)6-11-10(12-7)4-5-14-3/h6H,4-5H2,1-3H3. The summed E-state index contributed by atoms with van der Waals surface area (Å²) in [6.07, 6.45) is 2.26. The molecule has 1 aromatic heterocycles. The monoisotopic (exact) mass is 194 g/mol. The molecule has 0 saturated carbocycles. The van der Waals surface area contributed by atoms with E-state index in [1.807, 2.05) is 6.92 Å². The fourth-order valence-electron chi connectivity index (χ4n) is 1.17. The van der Waals surface area contributed by atoms with Gasteiger partial charge in [-0.25, -0.2) is 9.97 Å². The van der Waals surface area contributed by atoms with E-state index in [1.165, 1.54) is 6.92 Å². The molecule has 0 aromatic carbocycles. The van der Waals surface area contributed by atoms with Gasteiger partial charge in [-0.15, -0.1) is 0 Å². The lowest BCUT2D eigenvalue weighted by Gasteiger charge is -2.03. The molecule has 4 nitrogen and oxygen atoms in total. The van der Waals surface area contributed by atoms with E-state index >= 15 is 0 Å². The van der Waals surface area contributed by atoms with Gasteiger partial charge in [0.15, 0.2) is 5.78 Å². The van der Waals surface area contributed by atoms with E-state index < -0.39 is 0 Å². The molecule has 1 heterocycles. The van der Waals surface area contributed by atoms with Crippen molar-refractivity contribution in [3.63, 3.8) is 0 Å². The molecule has 0 saturated heterocycles. The van der Waals surface area contributed by atoms with Crippen LogP contribution >= 0.6 is 0 Å². The molecule has 0 N–H and O–H groups in total. The summed E-state index contributed by atoms with van der Waals surface area (Å²) >= 11 is 0. The lowest BCUT2D eigenvalue weighted by molar-refractivity contribution is 0.101. The average molecular weight is 194 g/mol. The maximum absolute atomic E-state index is 11.1. The van der Waals surface area contributed by atoms with Gasteiger partial charge in [-0.2, -0.15) is 0 Å². The Kier molecular flexibility index (Phi) is 3.71. The number of nitrogens with zero attached hydrogens (tertiary/aromatic N) is 2. The van der Waals surface area contributed by atoms with Crippen LogP contribution in [0.25, 0.3) is 0 Å². The number of carbonyl (C=O) groups excluding carboxylic acids is 1. The van der Waals surface area contributed by atoms with Crippen molar-refractivity contribution in [3.8, 4) is 0 Å². The quantitative estimate of drug-likeness (QED) is 0.675. The summed E-state index contributed by atoms with van der Waals surface area (Å²) in [4.78, 5) is 19.4. The predicted octanol–water partition coefficient (Wildman–Crippen LogP) is 1.18. The highest BCUT2D eigenvalue weighted by Crippen LogP contribution is 2.05. The van der Waals surface area contributed by atoms with Crippen molar-refractivity contribution in [3.05, 3.63) is 23.3 Å². The number of methoxy groups -OCH3 is 1. The molecular formula is C10H14N2O2. The SMILES string of the molecule is COCCc1ncc(C(C)=O)c(C)n1. The van der Waals surface area contributed by atoms with E-state index in [9.17, 15) is 4.79 Å². The maximum atomic E-state index is 11.1. The fraction of sp³-hybridized carbons (Fsp3) is 0.500. The number of hydrogen-bond donors (Lipinski definition) is 0. The Hall–Kier alpha value is -1.29. The molecule has 0 aliphatic heterocycles. The average Bonchev–Trinajstić information content (AvgIpc) is 2.14. The molecule has 0 unspecified atom stereocenters. The molecule has 1 rings (SSSR count). The zero-order valence-electron chi connectivity index (χ0n) is 8.70. The van der Waals surface area contributed by atoms with Crippen LogP contribution in [0.5, 0.6) is 0 Å². The number of hydrogen-bond acceptors (Lipinski definition) is 4. The Labute approximate surface area is 83.3 Å². The summed E-state index contributed by atoms with van der Waals surface area (Å²) in [6, 6.07) is 0. The molecule has 0 atom stereocenters. The molecule has 0 bridgehead atoms. The summed E-state index contributed by atoms with van der Waals surface area (Å²) in [5.74, 6) is 0.718. The van der Waals surface area contributed by atoms with Crippen molar-refractivity contribution in [2.75, 3.05) is 13.7 Å². The minimum absolute atomic E-state index is 0.000733. The zero-order chi connectivity index (χ0) is 10.6. The molecule has 0 aliphatic carbocycles. The summed E-state index contributed by atoms with van der Waals surface area (Å²) in [5.41, 5.74) is 1.32. The van der Waals surface area contributed by atoms with Crippen LogP contribution < -0.4 is 0 Å². The lowest BCUT2D eigenvalue weighted by Crippen LogP contribution is -2.06. The van der Waals surface area contributed by atoms with Gasteiger partial charge in [0.2, 0.25) is 0 Å². The molecule has 0 spiro atoms. The lowest BCUT2D eigenvalue weighted by atomic mass is 10.2. The van der Waals surface area contributed by atoms with Crippen LogP contribution in [0.1, 0.15) is 28.8 Å². The Morgan fingerprint density at radius 1 is 1.57 bits per heavy atom. The Morgan fingerprint density at radius 2 is 2.29 bits per heavy atom. The van der Waals surface area contributed by atoms with Gasteiger partial charge in [0.1, 0.15) is 5.82 Å². The third kappa shape index (κ3) is 2.60. The summed E-state index contributed by atoms with van der Waals surface area (Å²) in [7, 11) is 1.64. The first-order valence-electron chi connectivity index (χ1n) is 4.47. The number of ether oxygens (including phenoxy) is 1. The van der Waals surface area contributed by atoms with Crippen LogP contribution in [0.15, 0.2) is 6.20 Å². The van der Waals surface area contributed by atoms with E-state index in [0.29, 0.717) is 24.4 Å². The van der Waals surface area contributed by atoms with Crippen molar-refractivity contribution in [2.24, 2.45) is 0 Å². The van der Waals surface area contributed by atoms with E-state index in [-0.39, 0.29) is 5.78 Å². The van der Waals surface area contributed by atoms with Gasteiger partial charge in [-0.3, -0.25) is 4.79 Å². The van der Waals surface area contributed by atoms with E-state index in [1.54, 1.807) is 13.3 Å². The Morgan fingerprint density at radius 3 is 2.79 bits per heavy atom. The Bertz CT molecular complexity index is 337. The van der Waals surface area contributed by atoms with Crippen LogP contribution in [0.3, 0.4) is 0 Å². The van der Waals surface area contributed by atoms with Crippen molar-refractivity contribution < 1.29 is 9.53 Å². The smallest absolute Gasteiger partial charge is 0.163 e. The number of carbonyl (C=O) groups is 1. The topological polar surface area (TPSA) is 52.1 Å². The number of Topliss-reactive ketones (excluding diaryl/α,β-unsaturated/α-hetero) is 1. The summed E-state index contributed by atoms with van der Waals surface area (Å²) < 4.78 is 4.92. The maximum Gasteiger partial charge on any atom is 0.163 e. The van der Waals surface area contributed by atoms with Gasteiger partial charge < -0.3 is 4.74 Å². The first-order valence-corrected chi connectivity index (χ1v) is 4.47. The van der Waals surface area contributed by atoms with Crippen LogP contribution in [0.4, 0.5) is 0 Å². The first kappa shape index (κ1) is 10.8. The fourth-order valence-corrected chi connectivity index (χ4v) is 1.17. The molecule has 14 heavy (non-hydrogen) atoms. The largest absolute Gasteiger partial charge is 0.384 e. The predicted molar refractivity (Wildman–Crippen MR) is 52.4 cm³/mol. The molecule has 0 fully saturated rings. The number of aromatic nitrogens is 2. The molecule has 0 amide bonds. The van der Waals surface area contributed by atoms with Crippen LogP contribution in [0, 0.1) is 6.92 Å². The second-order valence-corrected chi connectivity index (χ2v) is 3.08. The van der Waals surface area contributed by atoms with Gasteiger partial charge >= 0.3 is 0 Å². The normalized spacial score (nSPS) is 10.2. The van der Waals surface area contributed by atoms with Gasteiger partial charge in [0.25, 0.3) is 0 Å². The van der Waals surface area contributed by atoms with Crippen LogP contribution in [-0.4, -0.2) is 29.5 Å². The highest BCUT2D eigenvalue weighted by molar-refractivity contribution is 5.94. The van der Waals surface area contributed by atoms with Crippen molar-refractivity contribution >= 4 is 5.78 Å². The summed E-state index contributed by atoms with van der Waals surface area (Å²) in [5, 5.41) is 0. The van der Waals surface area contributed by atoms with Crippen LogP contribution in [-0.2, 0) is 11.2 Å². The third-order valence-corrected chi connectivity index (χ3v) is 1.94. The molecular weight excluding hydrogens is 180 g/mol. The molecule has 0 aliphatic rings. The molecule has 4 heteroatoms. The summed E-state index contributed by atoms with van der Waals surface area (Å²) in [6.45, 7) is 3.92. The molecule has 76 valence electrons. The van der Waals surface area contributed by atoms with Gasteiger partial charge in [-0.05, 0) is 13.8 Å². The zero-order valence-corrected chi connectivity index (χ0v) is 8.70. The highest BCUT2D eigenvalue weighted by atomic mass is 16.5. The van der Waals surface area contributed by atoms with E-state index in [4.69, 9.17) is 4.74 Å². The van der Waals surface area contributed by atoms with Gasteiger partial charge in [-0.1, -0.05) is 0 Å². The number of ketones is 1. The van der Waals surface area contributed by atoms with Crippen molar-refractivity contribution in [1.29, 1.82) is 0 Å². The second kappa shape index (κ2) is 4.81. The molecule has 1 aromatic rings. The van der Waals surface area contributed by atoms with Gasteiger partial charge in [0, 0.05) is 19.7 Å². The first-order chi connectivity index (χ1) is 6.65. The van der Waals surface area contributed by atoms with Crippen LogP contribution in [0.2, 0.25) is 0 Å². The van der Waals surface area contributed by atoms with Gasteiger partial charge in [0.05, 0.1) is 17.9 Å². The minimum Gasteiger partial charge on any atom is -0.384 e. The molecule has 0 radical (unpaired) electrons. The number of aryl methyl sites for hydroxylation is 1. The second-order valence-electron chi connectivity index (χ2n) is 3.08. The Balaban J connectivity index is 2.83. The third-order valence-electron chi connectivity index (χ3n) is 1.94. The minimum atomic E-state index is 0.000733. The van der Waals surface area contributed by atoms with Crippen molar-refractivity contribution in [2.45, 2.75) is 20.3 Å². The van der Waals surface area contributed by atoms with E-state index in [2.05, 4.69) is 9.97 Å². The van der Waals surface area contributed by atoms with E-state index in [0.717, 1.165) is 5.69 Å².